The van der Waals surface area contributed by atoms with Crippen LogP contribution >= 0.6 is 11.3 Å². The molecule has 6 rings (SSSR count). The highest BCUT2D eigenvalue weighted by molar-refractivity contribution is 7.19. The molecule has 5 heterocycles. The summed E-state index contributed by atoms with van der Waals surface area (Å²) in [5, 5.41) is 0.807. The summed E-state index contributed by atoms with van der Waals surface area (Å²) in [7, 11) is 0. The molecule has 4 aromatic rings. The van der Waals surface area contributed by atoms with Crippen LogP contribution in [-0.2, 0) is 11.3 Å². The Morgan fingerprint density at radius 2 is 1.88 bits per heavy atom. The lowest BCUT2D eigenvalue weighted by atomic mass is 10.1. The summed E-state index contributed by atoms with van der Waals surface area (Å²) in [5.41, 5.74) is 2.25. The van der Waals surface area contributed by atoms with Gasteiger partial charge in [-0.25, -0.2) is 14.4 Å². The summed E-state index contributed by atoms with van der Waals surface area (Å²) in [6.45, 7) is 6.16. The van der Waals surface area contributed by atoms with Crippen LogP contribution in [0.4, 0.5) is 10.2 Å². The Morgan fingerprint density at radius 3 is 2.72 bits per heavy atom. The van der Waals surface area contributed by atoms with Gasteiger partial charge in [-0.05, 0) is 50.2 Å². The van der Waals surface area contributed by atoms with Crippen LogP contribution in [0.25, 0.3) is 32.5 Å². The first-order valence-electron chi connectivity index (χ1n) is 11.4. The van der Waals surface area contributed by atoms with Crippen LogP contribution in [0.1, 0.15) is 24.1 Å². The number of anilines is 1. The van der Waals surface area contributed by atoms with E-state index < -0.39 is 0 Å². The summed E-state index contributed by atoms with van der Waals surface area (Å²) in [6, 6.07) is 7.33. The highest BCUT2D eigenvalue weighted by Gasteiger charge is 2.23. The van der Waals surface area contributed by atoms with E-state index in [0.29, 0.717) is 24.6 Å². The van der Waals surface area contributed by atoms with E-state index in [1.54, 1.807) is 17.4 Å². The Hall–Kier alpha value is -2.55. The fourth-order valence-electron chi connectivity index (χ4n) is 4.82. The number of fused-ring (bicyclic) bond motifs is 2. The first-order valence-corrected chi connectivity index (χ1v) is 12.2. The van der Waals surface area contributed by atoms with E-state index in [2.05, 4.69) is 20.9 Å². The number of H-pyrrole nitrogens is 1. The SMILES string of the molecule is Fc1ccc2[nH]ccc2c1-c1nc(N2CCOCC2)c2sc(CN3CCCCC3)cc2n1. The molecule has 2 aliphatic rings. The number of morpholine rings is 1. The van der Waals surface area contributed by atoms with Crippen LogP contribution in [0.15, 0.2) is 30.5 Å². The molecule has 3 aromatic heterocycles. The number of benzene rings is 1. The molecule has 32 heavy (non-hydrogen) atoms. The fourth-order valence-corrected chi connectivity index (χ4v) is 5.97. The maximum Gasteiger partial charge on any atom is 0.165 e. The Labute approximate surface area is 190 Å². The molecule has 8 heteroatoms. The first kappa shape index (κ1) is 20.1. The van der Waals surface area contributed by atoms with Crippen molar-refractivity contribution >= 4 is 38.3 Å². The highest BCUT2D eigenvalue weighted by atomic mass is 32.1. The third-order valence-corrected chi connectivity index (χ3v) is 7.56. The molecule has 0 aliphatic carbocycles. The van der Waals surface area contributed by atoms with Crippen molar-refractivity contribution in [2.45, 2.75) is 25.8 Å². The minimum atomic E-state index is -0.298. The van der Waals surface area contributed by atoms with Crippen molar-refractivity contribution in [1.29, 1.82) is 0 Å². The lowest BCUT2D eigenvalue weighted by Crippen LogP contribution is -2.36. The van der Waals surface area contributed by atoms with Crippen molar-refractivity contribution in [2.24, 2.45) is 0 Å². The number of rotatable bonds is 4. The summed E-state index contributed by atoms with van der Waals surface area (Å²) < 4.78 is 21.7. The molecule has 1 aromatic carbocycles. The predicted octanol–water partition coefficient (Wildman–Crippen LogP) is 4.80. The molecule has 0 radical (unpaired) electrons. The molecule has 1 N–H and O–H groups in total. The zero-order chi connectivity index (χ0) is 21.5. The van der Waals surface area contributed by atoms with Gasteiger partial charge in [0.2, 0.25) is 0 Å². The van der Waals surface area contributed by atoms with Crippen molar-refractivity contribution < 1.29 is 9.13 Å². The number of piperidine rings is 1. The van der Waals surface area contributed by atoms with Crippen molar-refractivity contribution in [3.05, 3.63) is 41.2 Å². The van der Waals surface area contributed by atoms with Gasteiger partial charge < -0.3 is 14.6 Å². The van der Waals surface area contributed by atoms with E-state index >= 15 is 4.39 Å². The molecule has 0 bridgehead atoms. The number of aromatic nitrogens is 3. The normalized spacial score (nSPS) is 18.1. The molecule has 2 aliphatic heterocycles. The molecule has 166 valence electrons. The lowest BCUT2D eigenvalue weighted by molar-refractivity contribution is 0.122. The Balaban J connectivity index is 1.48. The van der Waals surface area contributed by atoms with Crippen molar-refractivity contribution in [3.8, 4) is 11.4 Å². The fraction of sp³-hybridized carbons (Fsp3) is 0.417. The van der Waals surface area contributed by atoms with Gasteiger partial charge >= 0.3 is 0 Å². The summed E-state index contributed by atoms with van der Waals surface area (Å²) in [6.07, 6.45) is 5.70. The maximum absolute atomic E-state index is 15.0. The van der Waals surface area contributed by atoms with Gasteiger partial charge in [-0.2, -0.15) is 0 Å². The van der Waals surface area contributed by atoms with Gasteiger partial charge in [-0.15, -0.1) is 11.3 Å². The van der Waals surface area contributed by atoms with Crippen LogP contribution in [0, 0.1) is 5.82 Å². The smallest absolute Gasteiger partial charge is 0.165 e. The Bertz CT molecular complexity index is 1260. The third-order valence-electron chi connectivity index (χ3n) is 6.45. The molecule has 0 saturated carbocycles. The molecule has 0 spiro atoms. The zero-order valence-corrected chi connectivity index (χ0v) is 18.8. The van der Waals surface area contributed by atoms with E-state index in [0.717, 1.165) is 59.7 Å². The van der Waals surface area contributed by atoms with Crippen molar-refractivity contribution in [2.75, 3.05) is 44.3 Å². The van der Waals surface area contributed by atoms with E-state index in [9.17, 15) is 0 Å². The molecule has 6 nitrogen and oxygen atoms in total. The second-order valence-corrected chi connectivity index (χ2v) is 9.73. The van der Waals surface area contributed by atoms with Crippen LogP contribution < -0.4 is 4.90 Å². The Kier molecular flexibility index (Phi) is 5.29. The standard InChI is InChI=1S/C24H26FN5OS/c25-18-4-5-19-17(6-7-26-19)21(18)23-27-20-14-16(15-29-8-2-1-3-9-29)32-22(20)24(28-23)30-10-12-31-13-11-30/h4-7,14,26H,1-3,8-13,15H2. The quantitative estimate of drug-likeness (QED) is 0.483. The second kappa shape index (κ2) is 8.42. The number of thiophene rings is 1. The average Bonchev–Trinajstić information content (AvgIpc) is 3.46. The van der Waals surface area contributed by atoms with Gasteiger partial charge in [-0.3, -0.25) is 4.90 Å². The second-order valence-electron chi connectivity index (χ2n) is 8.60. The molecule has 0 amide bonds. The van der Waals surface area contributed by atoms with E-state index in [4.69, 9.17) is 14.7 Å². The monoisotopic (exact) mass is 451 g/mol. The number of likely N-dealkylation sites (tertiary alicyclic amines) is 1. The highest BCUT2D eigenvalue weighted by Crippen LogP contribution is 2.37. The number of nitrogens with zero attached hydrogens (tertiary/aromatic N) is 4. The number of nitrogens with one attached hydrogen (secondary N) is 1. The van der Waals surface area contributed by atoms with E-state index in [1.807, 2.05) is 12.3 Å². The first-order chi connectivity index (χ1) is 15.8. The maximum atomic E-state index is 15.0. The molecule has 0 unspecified atom stereocenters. The van der Waals surface area contributed by atoms with Gasteiger partial charge in [0.1, 0.15) is 5.82 Å². The lowest BCUT2D eigenvalue weighted by Gasteiger charge is -2.28. The van der Waals surface area contributed by atoms with Gasteiger partial charge in [0.15, 0.2) is 11.6 Å². The molecule has 2 fully saturated rings. The Morgan fingerprint density at radius 1 is 1.03 bits per heavy atom. The molecule has 0 atom stereocenters. The van der Waals surface area contributed by atoms with Crippen LogP contribution in [0.3, 0.4) is 0 Å². The van der Waals surface area contributed by atoms with Gasteiger partial charge in [0, 0.05) is 41.6 Å². The van der Waals surface area contributed by atoms with Gasteiger partial charge in [-0.1, -0.05) is 6.42 Å². The molecule has 2 saturated heterocycles. The topological polar surface area (TPSA) is 57.3 Å². The van der Waals surface area contributed by atoms with Crippen molar-refractivity contribution in [1.82, 2.24) is 19.9 Å². The van der Waals surface area contributed by atoms with Crippen LogP contribution in [0.5, 0.6) is 0 Å². The van der Waals surface area contributed by atoms with Gasteiger partial charge in [0.25, 0.3) is 0 Å². The van der Waals surface area contributed by atoms with Crippen LogP contribution in [0.2, 0.25) is 0 Å². The summed E-state index contributed by atoms with van der Waals surface area (Å²) in [5.74, 6) is 1.05. The van der Waals surface area contributed by atoms with E-state index in [1.165, 1.54) is 30.2 Å². The average molecular weight is 452 g/mol. The summed E-state index contributed by atoms with van der Waals surface area (Å²) in [4.78, 5) is 19.1. The van der Waals surface area contributed by atoms with Gasteiger partial charge in [0.05, 0.1) is 29.0 Å². The predicted molar refractivity (Wildman–Crippen MR) is 127 cm³/mol. The number of hydrogen-bond acceptors (Lipinski definition) is 6. The van der Waals surface area contributed by atoms with E-state index in [-0.39, 0.29) is 5.82 Å². The zero-order valence-electron chi connectivity index (χ0n) is 17.9. The number of ether oxygens (including phenoxy) is 1. The number of halogens is 1. The third kappa shape index (κ3) is 3.66. The minimum absolute atomic E-state index is 0.298. The number of aromatic amines is 1. The molecular formula is C24H26FN5OS. The van der Waals surface area contributed by atoms with Crippen molar-refractivity contribution in [3.63, 3.8) is 0 Å². The summed E-state index contributed by atoms with van der Waals surface area (Å²) >= 11 is 1.78. The van der Waals surface area contributed by atoms with Crippen LogP contribution in [-0.4, -0.2) is 59.2 Å². The molecular weight excluding hydrogens is 425 g/mol. The minimum Gasteiger partial charge on any atom is -0.378 e. The number of hydrogen-bond donors (Lipinski definition) is 1. The largest absolute Gasteiger partial charge is 0.378 e.